The summed E-state index contributed by atoms with van der Waals surface area (Å²) >= 11 is 0. The van der Waals surface area contributed by atoms with Crippen molar-refractivity contribution in [2.45, 2.75) is 25.8 Å². The van der Waals surface area contributed by atoms with Gasteiger partial charge in [0.2, 0.25) is 5.91 Å². The molecule has 2 aromatic rings. The van der Waals surface area contributed by atoms with Crippen molar-refractivity contribution in [3.8, 4) is 0 Å². The van der Waals surface area contributed by atoms with E-state index in [4.69, 9.17) is 9.72 Å². The summed E-state index contributed by atoms with van der Waals surface area (Å²) in [6.45, 7) is 3.03. The Labute approximate surface area is 130 Å². The molecule has 0 N–H and O–H groups in total. The van der Waals surface area contributed by atoms with Gasteiger partial charge in [-0.3, -0.25) is 9.78 Å². The Hall–Kier alpha value is -1.94. The minimum atomic E-state index is 0.185. The average Bonchev–Trinajstić information content (AvgIpc) is 2.99. The van der Waals surface area contributed by atoms with Crippen LogP contribution < -0.4 is 0 Å². The predicted molar refractivity (Wildman–Crippen MR) is 84.3 cm³/mol. The van der Waals surface area contributed by atoms with Gasteiger partial charge in [0.05, 0.1) is 24.4 Å². The van der Waals surface area contributed by atoms with Crippen LogP contribution in [0.25, 0.3) is 10.9 Å². The zero-order valence-electron chi connectivity index (χ0n) is 12.6. The summed E-state index contributed by atoms with van der Waals surface area (Å²) in [5, 5.41) is 1.14. The predicted octanol–water partition coefficient (Wildman–Crippen LogP) is 2.76. The van der Waals surface area contributed by atoms with Gasteiger partial charge in [0.1, 0.15) is 0 Å². The summed E-state index contributed by atoms with van der Waals surface area (Å²) in [6.07, 6.45) is 2.67. The number of nitrogens with zero attached hydrogens (tertiary/aromatic N) is 2. The molecule has 0 unspecified atom stereocenters. The lowest BCUT2D eigenvalue weighted by molar-refractivity contribution is -0.138. The van der Waals surface area contributed by atoms with Gasteiger partial charge in [-0.05, 0) is 25.0 Å². The number of amides is 1. The lowest BCUT2D eigenvalue weighted by atomic mass is 9.79. The number of carbonyl (C=O) groups excluding carboxylic acids is 1. The van der Waals surface area contributed by atoms with Crippen LogP contribution in [0.15, 0.2) is 36.4 Å². The van der Waals surface area contributed by atoms with Crippen LogP contribution >= 0.6 is 0 Å². The summed E-state index contributed by atoms with van der Waals surface area (Å²) in [5.74, 6) is 0.243. The van der Waals surface area contributed by atoms with Crippen molar-refractivity contribution in [2.24, 2.45) is 5.41 Å². The second-order valence-corrected chi connectivity index (χ2v) is 6.55. The number of pyridine rings is 1. The molecule has 0 aliphatic carbocycles. The second-order valence-electron chi connectivity index (χ2n) is 6.55. The second kappa shape index (κ2) is 5.36. The first-order valence-electron chi connectivity index (χ1n) is 7.94. The number of benzene rings is 1. The van der Waals surface area contributed by atoms with Gasteiger partial charge in [-0.2, -0.15) is 0 Å². The number of rotatable bonds is 2. The summed E-state index contributed by atoms with van der Waals surface area (Å²) in [5.41, 5.74) is 2.14. The largest absolute Gasteiger partial charge is 0.381 e. The molecule has 114 valence electrons. The summed E-state index contributed by atoms with van der Waals surface area (Å²) < 4.78 is 5.58. The van der Waals surface area contributed by atoms with E-state index in [1.165, 1.54) is 0 Å². The molecule has 2 aliphatic heterocycles. The third-order valence-corrected chi connectivity index (χ3v) is 4.94. The Balaban J connectivity index is 1.56. The van der Waals surface area contributed by atoms with Crippen LogP contribution in [0, 0.1) is 5.41 Å². The number of fused-ring (bicyclic) bond motifs is 1. The van der Waals surface area contributed by atoms with Gasteiger partial charge in [0, 0.05) is 30.4 Å². The maximum atomic E-state index is 12.3. The molecular formula is C18H20N2O2. The number of piperidine rings is 1. The van der Waals surface area contributed by atoms with Gasteiger partial charge in [-0.25, -0.2) is 0 Å². The number of para-hydroxylation sites is 1. The Kier molecular flexibility index (Phi) is 3.34. The summed E-state index contributed by atoms with van der Waals surface area (Å²) in [4.78, 5) is 18.9. The molecule has 2 aliphatic rings. The molecule has 0 radical (unpaired) electrons. The number of hydrogen-bond acceptors (Lipinski definition) is 3. The number of likely N-dealkylation sites (tertiary alicyclic amines) is 1. The molecule has 1 spiro atoms. The van der Waals surface area contributed by atoms with E-state index in [1.54, 1.807) is 0 Å². The molecule has 3 heterocycles. The number of ether oxygens (including phenoxy) is 1. The molecule has 1 amide bonds. The van der Waals surface area contributed by atoms with E-state index in [0.717, 1.165) is 49.2 Å². The van der Waals surface area contributed by atoms with Crippen LogP contribution in [0.4, 0.5) is 0 Å². The lowest BCUT2D eigenvalue weighted by Crippen LogP contribution is -2.46. The Morgan fingerprint density at radius 3 is 2.95 bits per heavy atom. The molecule has 4 rings (SSSR count). The Bertz CT molecular complexity index is 707. The van der Waals surface area contributed by atoms with E-state index in [9.17, 15) is 4.79 Å². The highest BCUT2D eigenvalue weighted by Crippen LogP contribution is 2.38. The Morgan fingerprint density at radius 2 is 2.09 bits per heavy atom. The molecule has 0 bridgehead atoms. The van der Waals surface area contributed by atoms with E-state index in [1.807, 2.05) is 29.2 Å². The molecule has 4 heteroatoms. The van der Waals surface area contributed by atoms with Crippen molar-refractivity contribution in [1.82, 2.24) is 9.88 Å². The Morgan fingerprint density at radius 1 is 1.18 bits per heavy atom. The molecule has 2 fully saturated rings. The van der Waals surface area contributed by atoms with E-state index in [2.05, 4.69) is 12.1 Å². The number of aromatic nitrogens is 1. The van der Waals surface area contributed by atoms with Crippen molar-refractivity contribution in [1.29, 1.82) is 0 Å². The first-order valence-corrected chi connectivity index (χ1v) is 7.94. The highest BCUT2D eigenvalue weighted by molar-refractivity contribution is 5.79. The molecular weight excluding hydrogens is 276 g/mol. The SMILES string of the molecule is O=C1CC[C@]2(CCOC2)CN1Cc1ccc2ccccc2n1. The molecule has 2 saturated heterocycles. The van der Waals surface area contributed by atoms with Crippen molar-refractivity contribution in [3.63, 3.8) is 0 Å². The first-order chi connectivity index (χ1) is 10.7. The minimum absolute atomic E-state index is 0.185. The van der Waals surface area contributed by atoms with Crippen LogP contribution in [-0.4, -0.2) is 35.5 Å². The third-order valence-electron chi connectivity index (χ3n) is 4.94. The molecule has 1 aromatic heterocycles. The van der Waals surface area contributed by atoms with E-state index >= 15 is 0 Å². The number of hydrogen-bond donors (Lipinski definition) is 0. The quantitative estimate of drug-likeness (QED) is 0.856. The summed E-state index contributed by atoms with van der Waals surface area (Å²) in [6, 6.07) is 12.2. The van der Waals surface area contributed by atoms with Gasteiger partial charge < -0.3 is 9.64 Å². The standard InChI is InChI=1S/C18H20N2O2/c21-17-7-8-18(9-10-22-13-18)12-20(17)11-15-6-5-14-3-1-2-4-16(14)19-15/h1-6H,7-13H2/t18-/m0/s1. The zero-order valence-corrected chi connectivity index (χ0v) is 12.6. The van der Waals surface area contributed by atoms with Crippen LogP contribution in [0.2, 0.25) is 0 Å². The molecule has 0 saturated carbocycles. The van der Waals surface area contributed by atoms with Crippen LogP contribution in [0.5, 0.6) is 0 Å². The first kappa shape index (κ1) is 13.7. The number of carbonyl (C=O) groups is 1. The molecule has 1 atom stereocenters. The fraction of sp³-hybridized carbons (Fsp3) is 0.444. The van der Waals surface area contributed by atoms with Gasteiger partial charge in [0.15, 0.2) is 0 Å². The highest BCUT2D eigenvalue weighted by atomic mass is 16.5. The van der Waals surface area contributed by atoms with E-state index in [0.29, 0.717) is 13.0 Å². The summed E-state index contributed by atoms with van der Waals surface area (Å²) in [7, 11) is 0. The minimum Gasteiger partial charge on any atom is -0.381 e. The lowest BCUT2D eigenvalue weighted by Gasteiger charge is -2.39. The van der Waals surface area contributed by atoms with Gasteiger partial charge in [-0.15, -0.1) is 0 Å². The topological polar surface area (TPSA) is 42.4 Å². The molecule has 1 aromatic carbocycles. The van der Waals surface area contributed by atoms with Gasteiger partial charge in [-0.1, -0.05) is 24.3 Å². The van der Waals surface area contributed by atoms with Crippen molar-refractivity contribution in [3.05, 3.63) is 42.1 Å². The van der Waals surface area contributed by atoms with Crippen LogP contribution in [-0.2, 0) is 16.1 Å². The highest BCUT2D eigenvalue weighted by Gasteiger charge is 2.41. The van der Waals surface area contributed by atoms with Crippen molar-refractivity contribution < 1.29 is 9.53 Å². The molecule has 4 nitrogen and oxygen atoms in total. The van der Waals surface area contributed by atoms with E-state index < -0.39 is 0 Å². The monoisotopic (exact) mass is 296 g/mol. The van der Waals surface area contributed by atoms with Crippen molar-refractivity contribution >= 4 is 16.8 Å². The van der Waals surface area contributed by atoms with Gasteiger partial charge >= 0.3 is 0 Å². The van der Waals surface area contributed by atoms with Crippen LogP contribution in [0.3, 0.4) is 0 Å². The maximum Gasteiger partial charge on any atom is 0.222 e. The maximum absolute atomic E-state index is 12.3. The smallest absolute Gasteiger partial charge is 0.222 e. The normalized spacial score (nSPS) is 25.3. The average molecular weight is 296 g/mol. The fourth-order valence-corrected chi connectivity index (χ4v) is 3.61. The molecule has 22 heavy (non-hydrogen) atoms. The van der Waals surface area contributed by atoms with Crippen molar-refractivity contribution in [2.75, 3.05) is 19.8 Å². The van der Waals surface area contributed by atoms with Gasteiger partial charge in [0.25, 0.3) is 0 Å². The third kappa shape index (κ3) is 2.48. The van der Waals surface area contributed by atoms with E-state index in [-0.39, 0.29) is 11.3 Å². The zero-order chi connectivity index (χ0) is 15.0. The van der Waals surface area contributed by atoms with Crippen LogP contribution in [0.1, 0.15) is 25.0 Å². The fourth-order valence-electron chi connectivity index (χ4n) is 3.61.